The summed E-state index contributed by atoms with van der Waals surface area (Å²) in [5.74, 6) is 0.849. The molecule has 0 saturated carbocycles. The highest BCUT2D eigenvalue weighted by molar-refractivity contribution is 5.95. The third-order valence-corrected chi connectivity index (χ3v) is 4.89. The van der Waals surface area contributed by atoms with Crippen molar-refractivity contribution >= 4 is 23.3 Å². The van der Waals surface area contributed by atoms with E-state index in [0.717, 1.165) is 24.2 Å². The minimum Gasteiger partial charge on any atom is -0.494 e. The predicted octanol–water partition coefficient (Wildman–Crippen LogP) is 3.49. The molecule has 0 aromatic heterocycles. The first kappa shape index (κ1) is 20.6. The highest BCUT2D eigenvalue weighted by Gasteiger charge is 2.21. The topological polar surface area (TPSA) is 75.7 Å². The van der Waals surface area contributed by atoms with Gasteiger partial charge in [0.2, 0.25) is 11.8 Å². The summed E-state index contributed by atoms with van der Waals surface area (Å²) in [7, 11) is 0. The summed E-state index contributed by atoms with van der Waals surface area (Å²) in [6.07, 6.45) is 2.51. The number of anilines is 1. The number of hydrogen-bond donors (Lipinski definition) is 1. The van der Waals surface area contributed by atoms with Gasteiger partial charge >= 0.3 is 0 Å². The first-order valence-electron chi connectivity index (χ1n) is 9.93. The van der Waals surface area contributed by atoms with Gasteiger partial charge in [-0.25, -0.2) is 0 Å². The van der Waals surface area contributed by atoms with Crippen LogP contribution in [-0.2, 0) is 16.1 Å². The molecule has 152 valence electrons. The van der Waals surface area contributed by atoms with E-state index in [-0.39, 0.29) is 17.6 Å². The Labute approximate surface area is 170 Å². The number of nitrogens with zero attached hydrogens (tertiary/aromatic N) is 1. The average Bonchev–Trinajstić information content (AvgIpc) is 3.16. The van der Waals surface area contributed by atoms with Gasteiger partial charge in [0.15, 0.2) is 5.78 Å². The number of amides is 2. The fraction of sp³-hybridized carbons (Fsp3) is 0.348. The molecule has 0 aliphatic carbocycles. The molecule has 0 spiro atoms. The van der Waals surface area contributed by atoms with Crippen molar-refractivity contribution in [2.75, 3.05) is 18.1 Å². The smallest absolute Gasteiger partial charge is 0.227 e. The number of ketones is 1. The molecule has 1 aliphatic heterocycles. The van der Waals surface area contributed by atoms with Crippen LogP contribution in [0.15, 0.2) is 48.5 Å². The predicted molar refractivity (Wildman–Crippen MR) is 111 cm³/mol. The number of carbonyl (C=O) groups excluding carboxylic acids is 3. The molecule has 1 aliphatic rings. The molecule has 0 atom stereocenters. The normalized spacial score (nSPS) is 13.4. The van der Waals surface area contributed by atoms with Gasteiger partial charge in [-0.15, -0.1) is 0 Å². The lowest BCUT2D eigenvalue weighted by molar-refractivity contribution is -0.121. The second-order valence-corrected chi connectivity index (χ2v) is 7.12. The van der Waals surface area contributed by atoms with E-state index in [4.69, 9.17) is 4.74 Å². The summed E-state index contributed by atoms with van der Waals surface area (Å²) in [4.78, 5) is 36.8. The molecule has 2 aromatic rings. The summed E-state index contributed by atoms with van der Waals surface area (Å²) < 4.78 is 5.60. The van der Waals surface area contributed by atoms with E-state index >= 15 is 0 Å². The van der Waals surface area contributed by atoms with E-state index < -0.39 is 0 Å². The van der Waals surface area contributed by atoms with Crippen molar-refractivity contribution in [3.63, 3.8) is 0 Å². The molecule has 6 nitrogen and oxygen atoms in total. The van der Waals surface area contributed by atoms with Gasteiger partial charge in [-0.1, -0.05) is 12.1 Å². The number of benzene rings is 2. The number of carbonyl (C=O) groups is 3. The minimum absolute atomic E-state index is 0.0207. The fourth-order valence-corrected chi connectivity index (χ4v) is 3.21. The van der Waals surface area contributed by atoms with Gasteiger partial charge in [-0.3, -0.25) is 14.4 Å². The Kier molecular flexibility index (Phi) is 7.00. The standard InChI is InChI=1S/C23H26N2O4/c1-17(26)19-8-12-21(13-9-19)29-15-3-4-22(27)24-16-18-6-10-20(11-7-18)25-14-2-5-23(25)28/h6-13H,2-5,14-16H2,1H3,(H,24,27). The van der Waals surface area contributed by atoms with Gasteiger partial charge in [0.1, 0.15) is 5.75 Å². The number of hydrogen-bond acceptors (Lipinski definition) is 4. The van der Waals surface area contributed by atoms with Crippen molar-refractivity contribution in [2.45, 2.75) is 39.2 Å². The Bertz CT molecular complexity index is 859. The molecule has 29 heavy (non-hydrogen) atoms. The molecule has 2 aromatic carbocycles. The Balaban J connectivity index is 1.34. The number of Topliss-reactive ketones (excluding diaryl/α,β-unsaturated/α-hetero) is 1. The Morgan fingerprint density at radius 3 is 2.41 bits per heavy atom. The molecule has 6 heteroatoms. The summed E-state index contributed by atoms with van der Waals surface area (Å²) in [6, 6.07) is 14.7. The maximum absolute atomic E-state index is 12.0. The van der Waals surface area contributed by atoms with Gasteiger partial charge < -0.3 is 15.0 Å². The highest BCUT2D eigenvalue weighted by atomic mass is 16.5. The van der Waals surface area contributed by atoms with E-state index in [1.54, 1.807) is 29.2 Å². The van der Waals surface area contributed by atoms with E-state index in [2.05, 4.69) is 5.32 Å². The van der Waals surface area contributed by atoms with E-state index in [1.165, 1.54) is 6.92 Å². The molecule has 1 saturated heterocycles. The monoisotopic (exact) mass is 394 g/mol. The zero-order valence-electron chi connectivity index (χ0n) is 16.6. The Morgan fingerprint density at radius 1 is 1.07 bits per heavy atom. The van der Waals surface area contributed by atoms with Crippen molar-refractivity contribution in [2.24, 2.45) is 0 Å². The molecular weight excluding hydrogens is 368 g/mol. The molecule has 2 amide bonds. The number of nitrogens with one attached hydrogen (secondary N) is 1. The Morgan fingerprint density at radius 2 is 1.79 bits per heavy atom. The summed E-state index contributed by atoms with van der Waals surface area (Å²) in [6.45, 7) is 3.20. The zero-order chi connectivity index (χ0) is 20.6. The van der Waals surface area contributed by atoms with Crippen LogP contribution in [0.5, 0.6) is 5.75 Å². The first-order chi connectivity index (χ1) is 14.0. The van der Waals surface area contributed by atoms with Crippen LogP contribution in [-0.4, -0.2) is 30.7 Å². The second kappa shape index (κ2) is 9.87. The van der Waals surface area contributed by atoms with Crippen LogP contribution in [0.1, 0.15) is 48.5 Å². The van der Waals surface area contributed by atoms with Crippen molar-refractivity contribution in [3.05, 3.63) is 59.7 Å². The maximum atomic E-state index is 12.0. The van der Waals surface area contributed by atoms with Gasteiger partial charge in [0.05, 0.1) is 6.61 Å². The second-order valence-electron chi connectivity index (χ2n) is 7.12. The summed E-state index contributed by atoms with van der Waals surface area (Å²) in [5.41, 5.74) is 2.56. The van der Waals surface area contributed by atoms with Crippen LogP contribution in [0.2, 0.25) is 0 Å². The highest BCUT2D eigenvalue weighted by Crippen LogP contribution is 2.21. The van der Waals surface area contributed by atoms with Gasteiger partial charge in [0, 0.05) is 37.2 Å². The van der Waals surface area contributed by atoms with E-state index in [1.807, 2.05) is 24.3 Å². The zero-order valence-corrected chi connectivity index (χ0v) is 16.6. The summed E-state index contributed by atoms with van der Waals surface area (Å²) >= 11 is 0. The van der Waals surface area contributed by atoms with Gasteiger partial charge in [0.25, 0.3) is 0 Å². The van der Waals surface area contributed by atoms with E-state index in [9.17, 15) is 14.4 Å². The molecule has 3 rings (SSSR count). The van der Waals surface area contributed by atoms with Crippen molar-refractivity contribution < 1.29 is 19.1 Å². The molecule has 1 N–H and O–H groups in total. The molecule has 0 unspecified atom stereocenters. The average molecular weight is 394 g/mol. The SMILES string of the molecule is CC(=O)c1ccc(OCCCC(=O)NCc2ccc(N3CCCC3=O)cc2)cc1. The third kappa shape index (κ3) is 5.91. The molecule has 0 bridgehead atoms. The molecule has 0 radical (unpaired) electrons. The van der Waals surface area contributed by atoms with Crippen LogP contribution in [0.25, 0.3) is 0 Å². The quantitative estimate of drug-likeness (QED) is 0.522. The van der Waals surface area contributed by atoms with Crippen LogP contribution < -0.4 is 15.0 Å². The third-order valence-electron chi connectivity index (χ3n) is 4.89. The van der Waals surface area contributed by atoms with Crippen molar-refractivity contribution in [3.8, 4) is 5.75 Å². The van der Waals surface area contributed by atoms with Crippen LogP contribution in [0.4, 0.5) is 5.69 Å². The fourth-order valence-electron chi connectivity index (χ4n) is 3.21. The molecule has 1 fully saturated rings. The minimum atomic E-state index is -0.0284. The molecular formula is C23H26N2O4. The molecule has 1 heterocycles. The first-order valence-corrected chi connectivity index (χ1v) is 9.93. The van der Waals surface area contributed by atoms with Crippen LogP contribution in [0, 0.1) is 0 Å². The number of rotatable bonds is 9. The number of ether oxygens (including phenoxy) is 1. The van der Waals surface area contributed by atoms with Crippen LogP contribution >= 0.6 is 0 Å². The maximum Gasteiger partial charge on any atom is 0.227 e. The largest absolute Gasteiger partial charge is 0.494 e. The van der Waals surface area contributed by atoms with Gasteiger partial charge in [-0.2, -0.15) is 0 Å². The van der Waals surface area contributed by atoms with E-state index in [0.29, 0.717) is 43.7 Å². The lowest BCUT2D eigenvalue weighted by Gasteiger charge is -2.16. The summed E-state index contributed by atoms with van der Waals surface area (Å²) in [5, 5.41) is 2.90. The van der Waals surface area contributed by atoms with Gasteiger partial charge in [-0.05, 0) is 61.7 Å². The Hall–Kier alpha value is -3.15. The lowest BCUT2D eigenvalue weighted by Crippen LogP contribution is -2.24. The van der Waals surface area contributed by atoms with Crippen molar-refractivity contribution in [1.82, 2.24) is 5.32 Å². The van der Waals surface area contributed by atoms with Crippen LogP contribution in [0.3, 0.4) is 0 Å². The lowest BCUT2D eigenvalue weighted by atomic mass is 10.1. The van der Waals surface area contributed by atoms with Crippen molar-refractivity contribution in [1.29, 1.82) is 0 Å².